The second kappa shape index (κ2) is 7.10. The van der Waals surface area contributed by atoms with Crippen molar-refractivity contribution in [2.75, 3.05) is 12.8 Å². The van der Waals surface area contributed by atoms with Gasteiger partial charge in [0.2, 0.25) is 0 Å². The van der Waals surface area contributed by atoms with Crippen LogP contribution in [0.4, 0.5) is 0 Å². The maximum atomic E-state index is 11.8. The zero-order chi connectivity index (χ0) is 14.5. The van der Waals surface area contributed by atoms with Crippen LogP contribution in [-0.4, -0.2) is 31.0 Å². The Morgan fingerprint density at radius 2 is 2.05 bits per heavy atom. The fraction of sp³-hybridized carbons (Fsp3) is 0.714. The fourth-order valence-electron chi connectivity index (χ4n) is 2.04. The van der Waals surface area contributed by atoms with Gasteiger partial charge in [-0.15, -0.1) is 0 Å². The van der Waals surface area contributed by atoms with Crippen molar-refractivity contribution in [2.45, 2.75) is 51.4 Å². The molecule has 1 aromatic heterocycles. The highest BCUT2D eigenvalue weighted by Gasteiger charge is 2.16. The van der Waals surface area contributed by atoms with Crippen LogP contribution >= 0.6 is 0 Å². The Morgan fingerprint density at radius 3 is 2.58 bits per heavy atom. The highest BCUT2D eigenvalue weighted by molar-refractivity contribution is 7.91. The highest BCUT2D eigenvalue weighted by Crippen LogP contribution is 2.18. The topological polar surface area (TPSA) is 51.1 Å². The minimum atomic E-state index is -2.96. The lowest BCUT2D eigenvalue weighted by Gasteiger charge is -2.13. The SMILES string of the molecule is CCCC(NC)c1ccn(CCS(=O)(=O)C(C)C)c1. The molecule has 4 nitrogen and oxygen atoms in total. The van der Waals surface area contributed by atoms with E-state index in [1.807, 2.05) is 24.0 Å². The smallest absolute Gasteiger partial charge is 0.154 e. The molecule has 5 heteroatoms. The molecule has 1 heterocycles. The molecule has 19 heavy (non-hydrogen) atoms. The van der Waals surface area contributed by atoms with Gasteiger partial charge >= 0.3 is 0 Å². The molecule has 110 valence electrons. The number of rotatable bonds is 8. The van der Waals surface area contributed by atoms with Crippen molar-refractivity contribution in [1.82, 2.24) is 9.88 Å². The minimum absolute atomic E-state index is 0.205. The molecule has 1 unspecified atom stereocenters. The molecule has 0 amide bonds. The maximum absolute atomic E-state index is 11.8. The fourth-order valence-corrected chi connectivity index (χ4v) is 2.98. The Kier molecular flexibility index (Phi) is 6.07. The van der Waals surface area contributed by atoms with E-state index in [1.54, 1.807) is 13.8 Å². The van der Waals surface area contributed by atoms with Gasteiger partial charge in [0.1, 0.15) is 0 Å². The molecule has 0 bridgehead atoms. The van der Waals surface area contributed by atoms with Crippen LogP contribution in [0.3, 0.4) is 0 Å². The molecule has 0 radical (unpaired) electrons. The summed E-state index contributed by atoms with van der Waals surface area (Å²) in [5.41, 5.74) is 1.23. The molecule has 0 fully saturated rings. The quantitative estimate of drug-likeness (QED) is 0.798. The molecule has 1 rings (SSSR count). The van der Waals surface area contributed by atoms with E-state index in [1.165, 1.54) is 5.56 Å². The van der Waals surface area contributed by atoms with Crippen LogP contribution in [0.1, 0.15) is 45.2 Å². The Bertz CT molecular complexity index is 477. The van der Waals surface area contributed by atoms with Crippen LogP contribution in [0.15, 0.2) is 18.5 Å². The van der Waals surface area contributed by atoms with Gasteiger partial charge in [0.15, 0.2) is 9.84 Å². The van der Waals surface area contributed by atoms with E-state index >= 15 is 0 Å². The third-order valence-electron chi connectivity index (χ3n) is 3.45. The van der Waals surface area contributed by atoms with Gasteiger partial charge in [-0.25, -0.2) is 8.42 Å². The molecular formula is C14H26N2O2S. The predicted molar refractivity (Wildman–Crippen MR) is 80.1 cm³/mol. The summed E-state index contributed by atoms with van der Waals surface area (Å²) in [6.45, 7) is 6.16. The average Bonchev–Trinajstić information content (AvgIpc) is 2.82. The van der Waals surface area contributed by atoms with Gasteiger partial charge in [-0.3, -0.25) is 0 Å². The van der Waals surface area contributed by atoms with Crippen LogP contribution in [-0.2, 0) is 16.4 Å². The van der Waals surface area contributed by atoms with Crippen LogP contribution in [0, 0.1) is 0 Å². The second-order valence-corrected chi connectivity index (χ2v) is 7.91. The van der Waals surface area contributed by atoms with Gasteiger partial charge < -0.3 is 9.88 Å². The standard InChI is InChI=1S/C14H26N2O2S/c1-5-6-14(15-4)13-7-8-16(11-13)9-10-19(17,18)12(2)3/h7-8,11-12,14-15H,5-6,9-10H2,1-4H3. The van der Waals surface area contributed by atoms with E-state index in [-0.39, 0.29) is 11.0 Å². The molecule has 1 atom stereocenters. The van der Waals surface area contributed by atoms with Crippen LogP contribution in [0.25, 0.3) is 0 Å². The van der Waals surface area contributed by atoms with E-state index in [0.717, 1.165) is 12.8 Å². The van der Waals surface area contributed by atoms with Gasteiger partial charge in [-0.1, -0.05) is 13.3 Å². The lowest BCUT2D eigenvalue weighted by molar-refractivity contribution is 0.540. The highest BCUT2D eigenvalue weighted by atomic mass is 32.2. The van der Waals surface area contributed by atoms with E-state index in [2.05, 4.69) is 18.3 Å². The third kappa shape index (κ3) is 4.66. The van der Waals surface area contributed by atoms with Gasteiger partial charge in [0.25, 0.3) is 0 Å². The number of aryl methyl sites for hydroxylation is 1. The molecule has 0 saturated heterocycles. The summed E-state index contributed by atoms with van der Waals surface area (Å²) >= 11 is 0. The van der Waals surface area contributed by atoms with E-state index in [0.29, 0.717) is 12.6 Å². The van der Waals surface area contributed by atoms with E-state index in [9.17, 15) is 8.42 Å². The van der Waals surface area contributed by atoms with Gasteiger partial charge in [-0.05, 0) is 38.9 Å². The number of sulfone groups is 1. The van der Waals surface area contributed by atoms with Gasteiger partial charge in [0.05, 0.1) is 11.0 Å². The first-order valence-corrected chi connectivity index (χ1v) is 8.66. The summed E-state index contributed by atoms with van der Waals surface area (Å²) in [4.78, 5) is 0. The summed E-state index contributed by atoms with van der Waals surface area (Å²) in [6.07, 6.45) is 6.22. The van der Waals surface area contributed by atoms with Gasteiger partial charge in [-0.2, -0.15) is 0 Å². The molecule has 1 aromatic rings. The molecule has 0 saturated carbocycles. The molecule has 0 aliphatic heterocycles. The number of nitrogens with zero attached hydrogens (tertiary/aromatic N) is 1. The first-order chi connectivity index (χ1) is 8.90. The number of hydrogen-bond acceptors (Lipinski definition) is 3. The summed E-state index contributed by atoms with van der Waals surface area (Å²) in [7, 11) is -1.00. The van der Waals surface area contributed by atoms with Crippen LogP contribution in [0.5, 0.6) is 0 Å². The summed E-state index contributed by atoms with van der Waals surface area (Å²) < 4.78 is 25.5. The molecule has 0 aromatic carbocycles. The van der Waals surface area contributed by atoms with Crippen molar-refractivity contribution < 1.29 is 8.42 Å². The Labute approximate surface area is 117 Å². The molecular weight excluding hydrogens is 260 g/mol. The first-order valence-electron chi connectivity index (χ1n) is 6.95. The lowest BCUT2D eigenvalue weighted by atomic mass is 10.1. The van der Waals surface area contributed by atoms with E-state index < -0.39 is 9.84 Å². The van der Waals surface area contributed by atoms with Crippen molar-refractivity contribution in [2.24, 2.45) is 0 Å². The van der Waals surface area contributed by atoms with Crippen molar-refractivity contribution in [3.8, 4) is 0 Å². The van der Waals surface area contributed by atoms with Crippen molar-refractivity contribution >= 4 is 9.84 Å². The van der Waals surface area contributed by atoms with Crippen molar-refractivity contribution in [3.05, 3.63) is 24.0 Å². The molecule has 0 aliphatic rings. The normalized spacial score (nSPS) is 13.9. The van der Waals surface area contributed by atoms with Crippen molar-refractivity contribution in [3.63, 3.8) is 0 Å². The van der Waals surface area contributed by atoms with Crippen molar-refractivity contribution in [1.29, 1.82) is 0 Å². The number of hydrogen-bond donors (Lipinski definition) is 1. The zero-order valence-corrected chi connectivity index (χ0v) is 13.2. The molecule has 0 aliphatic carbocycles. The van der Waals surface area contributed by atoms with E-state index in [4.69, 9.17) is 0 Å². The summed E-state index contributed by atoms with van der Waals surface area (Å²) in [5, 5.41) is 2.99. The van der Waals surface area contributed by atoms with Crippen LogP contribution < -0.4 is 5.32 Å². The molecule has 1 N–H and O–H groups in total. The summed E-state index contributed by atoms with van der Waals surface area (Å²) in [5.74, 6) is 0.205. The number of nitrogens with one attached hydrogen (secondary N) is 1. The maximum Gasteiger partial charge on any atom is 0.154 e. The Balaban J connectivity index is 2.65. The average molecular weight is 286 g/mol. The summed E-state index contributed by atoms with van der Waals surface area (Å²) in [6, 6.07) is 2.42. The zero-order valence-electron chi connectivity index (χ0n) is 12.4. The molecule has 0 spiro atoms. The van der Waals surface area contributed by atoms with Gasteiger partial charge in [0, 0.05) is 25.0 Å². The Hall–Kier alpha value is -0.810. The lowest BCUT2D eigenvalue weighted by Crippen LogP contribution is -2.20. The Morgan fingerprint density at radius 1 is 1.37 bits per heavy atom. The van der Waals surface area contributed by atoms with Crippen LogP contribution in [0.2, 0.25) is 0 Å². The first kappa shape index (κ1) is 16.2. The second-order valence-electron chi connectivity index (χ2n) is 5.23. The predicted octanol–water partition coefficient (Wildman–Crippen LogP) is 2.37. The largest absolute Gasteiger partial charge is 0.353 e. The minimum Gasteiger partial charge on any atom is -0.353 e. The monoisotopic (exact) mass is 286 g/mol. The third-order valence-corrected chi connectivity index (χ3v) is 5.64. The number of aromatic nitrogens is 1.